The zero-order valence-electron chi connectivity index (χ0n) is 33.2. The molecule has 2 saturated carbocycles. The Kier molecular flexibility index (Phi) is 17.6. The first-order valence-electron chi connectivity index (χ1n) is 20.3. The Balaban J connectivity index is 0.000000212. The van der Waals surface area contributed by atoms with Crippen LogP contribution in [-0.2, 0) is 36.2 Å². The van der Waals surface area contributed by atoms with Crippen molar-refractivity contribution < 1.29 is 48.1 Å². The summed E-state index contributed by atoms with van der Waals surface area (Å²) in [4.78, 5) is 0. The predicted molar refractivity (Wildman–Crippen MR) is 226 cm³/mol. The van der Waals surface area contributed by atoms with Gasteiger partial charge in [-0.05, 0) is 73.3 Å². The minimum absolute atomic E-state index is 0. The second-order valence-electron chi connectivity index (χ2n) is 16.3. The third kappa shape index (κ3) is 11.4. The fraction of sp³-hybridized carbons (Fsp3) is 0.400. The molecular formula is C50H60Cl2SiZr-2. The van der Waals surface area contributed by atoms with Crippen LogP contribution in [0.15, 0.2) is 121 Å². The van der Waals surface area contributed by atoms with Gasteiger partial charge >= 0.3 is 41.9 Å². The van der Waals surface area contributed by atoms with Gasteiger partial charge in [0.15, 0.2) is 0 Å². The molecule has 0 atom stereocenters. The normalized spacial score (nSPS) is 15.4. The van der Waals surface area contributed by atoms with Crippen LogP contribution in [0.5, 0.6) is 0 Å². The largest absolute Gasteiger partial charge is 1.00 e. The van der Waals surface area contributed by atoms with Gasteiger partial charge in [-0.25, -0.2) is 0 Å². The molecule has 0 saturated heterocycles. The minimum atomic E-state index is 0. The van der Waals surface area contributed by atoms with E-state index in [1.807, 2.05) is 0 Å². The average molecular weight is 851 g/mol. The summed E-state index contributed by atoms with van der Waals surface area (Å²) in [7, 11) is 0. The van der Waals surface area contributed by atoms with E-state index >= 15 is 0 Å². The zero-order valence-corrected chi connectivity index (χ0v) is 38.2. The van der Waals surface area contributed by atoms with Gasteiger partial charge in [-0.15, -0.1) is 69.1 Å². The van der Waals surface area contributed by atoms with E-state index in [0.29, 0.717) is 10.8 Å². The van der Waals surface area contributed by atoms with Crippen molar-refractivity contribution in [3.8, 4) is 22.3 Å². The first kappa shape index (κ1) is 44.5. The van der Waals surface area contributed by atoms with Crippen molar-refractivity contribution in [3.05, 3.63) is 132 Å². The summed E-state index contributed by atoms with van der Waals surface area (Å²) in [6, 6.07) is 44.9. The molecule has 0 amide bonds. The van der Waals surface area contributed by atoms with E-state index in [2.05, 4.69) is 148 Å². The van der Waals surface area contributed by atoms with Crippen LogP contribution < -0.4 is 24.8 Å². The number of halogens is 2. The van der Waals surface area contributed by atoms with Gasteiger partial charge in [0.1, 0.15) is 0 Å². The van der Waals surface area contributed by atoms with Crippen LogP contribution in [0.3, 0.4) is 0 Å². The van der Waals surface area contributed by atoms with Crippen molar-refractivity contribution in [2.75, 3.05) is 0 Å². The van der Waals surface area contributed by atoms with E-state index in [-0.39, 0.29) is 30.2 Å². The summed E-state index contributed by atoms with van der Waals surface area (Å²) < 4.78 is 0. The average Bonchev–Trinajstić information content (AvgIpc) is 3.96. The second kappa shape index (κ2) is 21.3. The van der Waals surface area contributed by atoms with E-state index in [0.717, 1.165) is 0 Å². The molecule has 0 bridgehead atoms. The van der Waals surface area contributed by atoms with Gasteiger partial charge in [-0.3, -0.25) is 0 Å². The summed E-state index contributed by atoms with van der Waals surface area (Å²) in [5.41, 5.74) is 9.84. The summed E-state index contributed by atoms with van der Waals surface area (Å²) in [6.07, 6.45) is 19.3. The van der Waals surface area contributed by atoms with Crippen molar-refractivity contribution in [3.63, 3.8) is 0 Å². The van der Waals surface area contributed by atoms with Crippen LogP contribution in [0, 0.1) is 10.8 Å². The summed E-state index contributed by atoms with van der Waals surface area (Å²) in [5.74, 6) is 0. The van der Waals surface area contributed by atoms with Gasteiger partial charge < -0.3 is 24.8 Å². The molecule has 0 radical (unpaired) electrons. The van der Waals surface area contributed by atoms with Crippen molar-refractivity contribution >= 4 is 27.0 Å². The molecule has 2 fully saturated rings. The molecule has 2 aliphatic carbocycles. The van der Waals surface area contributed by atoms with Crippen molar-refractivity contribution in [1.29, 1.82) is 0 Å². The molecule has 0 nitrogen and oxygen atoms in total. The third-order valence-electron chi connectivity index (χ3n) is 11.8. The molecule has 0 spiro atoms. The smallest absolute Gasteiger partial charge is 1.00 e. The van der Waals surface area contributed by atoms with Gasteiger partial charge in [0.25, 0.3) is 0 Å². The van der Waals surface area contributed by atoms with Crippen molar-refractivity contribution in [1.82, 2.24) is 0 Å². The van der Waals surface area contributed by atoms with E-state index in [9.17, 15) is 0 Å². The van der Waals surface area contributed by atoms with E-state index in [1.54, 1.807) is 34.5 Å². The molecule has 0 N–H and O–H groups in total. The molecule has 284 valence electrons. The first-order chi connectivity index (χ1) is 25.3. The molecule has 2 aliphatic rings. The Morgan fingerprint density at radius 2 is 0.889 bits per heavy atom. The maximum atomic E-state index is 2.47. The van der Waals surface area contributed by atoms with Crippen molar-refractivity contribution in [2.45, 2.75) is 117 Å². The second-order valence-corrected chi connectivity index (χ2v) is 25.7. The van der Waals surface area contributed by atoms with Gasteiger partial charge in [0.2, 0.25) is 0 Å². The summed E-state index contributed by atoms with van der Waals surface area (Å²) in [6.45, 7) is 9.30. The minimum Gasteiger partial charge on any atom is -1.00 e. The van der Waals surface area contributed by atoms with Gasteiger partial charge in [0.05, 0.1) is 0 Å². The molecule has 0 heterocycles. The summed E-state index contributed by atoms with van der Waals surface area (Å²) in [5, 5.41) is 5.64. The Labute approximate surface area is 354 Å². The van der Waals surface area contributed by atoms with E-state index < -0.39 is 0 Å². The maximum Gasteiger partial charge on any atom is -1.00 e. The Morgan fingerprint density at radius 1 is 0.537 bits per heavy atom. The number of rotatable bonds is 10. The zero-order chi connectivity index (χ0) is 36.4. The molecule has 54 heavy (non-hydrogen) atoms. The van der Waals surface area contributed by atoms with Crippen molar-refractivity contribution in [2.24, 2.45) is 10.8 Å². The molecule has 0 aliphatic heterocycles. The monoisotopic (exact) mass is 848 g/mol. The van der Waals surface area contributed by atoms with E-state index in [1.165, 1.54) is 134 Å². The molecule has 6 aromatic carbocycles. The van der Waals surface area contributed by atoms with Gasteiger partial charge in [-0.2, -0.15) is 12.1 Å². The molecule has 8 rings (SSSR count). The first-order valence-corrected chi connectivity index (χ1v) is 26.5. The predicted octanol–water partition coefficient (Wildman–Crippen LogP) is 9.05. The van der Waals surface area contributed by atoms with Gasteiger partial charge in [-0.1, -0.05) is 136 Å². The molecule has 0 aromatic heterocycles. The number of hydrogen-bond acceptors (Lipinski definition) is 0. The maximum absolute atomic E-state index is 2.47. The Bertz CT molecular complexity index is 1860. The number of fused-ring (bicyclic) bond motifs is 2. The molecule has 4 heteroatoms. The van der Waals surface area contributed by atoms with E-state index in [4.69, 9.17) is 0 Å². The molecular weight excluding hydrogens is 791 g/mol. The number of benzene rings is 4. The third-order valence-corrected chi connectivity index (χ3v) is 11.8. The van der Waals surface area contributed by atoms with Gasteiger partial charge in [0, 0.05) is 0 Å². The van der Waals surface area contributed by atoms with Crippen LogP contribution in [0.25, 0.3) is 43.8 Å². The Morgan fingerprint density at radius 3 is 1.22 bits per heavy atom. The molecule has 0 unspecified atom stereocenters. The SMILES string of the molecule is CCCC1(Cc2cc3c(-c4ccccc4)cccc3[cH-]2)CCCC1.CCCC1(Cc2cc3c(-c4ccccc4)cccc3[cH-]2)CCCC1.C[Si](C)=[Zr+2].[Cl-].[Cl-]. The van der Waals surface area contributed by atoms with Crippen LogP contribution in [0.4, 0.5) is 0 Å². The number of hydrogen-bond donors (Lipinski definition) is 0. The quantitative estimate of drug-likeness (QED) is 0.0955. The summed E-state index contributed by atoms with van der Waals surface area (Å²) >= 11 is 1.74. The molecule has 6 aromatic rings. The van der Waals surface area contributed by atoms with Crippen LogP contribution in [0.2, 0.25) is 13.1 Å². The fourth-order valence-corrected chi connectivity index (χ4v) is 9.74. The topological polar surface area (TPSA) is 0 Å². The Hall–Kier alpha value is -2.22. The standard InChI is InChI=1S/2C24H27.C2H6Si.2ClH.Zr/c2*1-2-13-24(14-6-7-15-24)18-19-16-21-11-8-12-22(23(21)17-19)20-9-4-3-5-10-20;1-3-2;;;/h2*3-5,8-12,16-17H,2,6-7,13-15,18H2,1H3;1-2H3;2*1H;/q2*-1;;;;+2/p-2. The van der Waals surface area contributed by atoms with Crippen LogP contribution in [0.1, 0.15) is 102 Å². The van der Waals surface area contributed by atoms with Crippen LogP contribution in [-0.4, -0.2) is 5.43 Å². The fourth-order valence-electron chi connectivity index (χ4n) is 9.74. The van der Waals surface area contributed by atoms with Crippen LogP contribution >= 0.6 is 0 Å².